The fraction of sp³-hybridized carbons (Fsp3) is 0.314. The van der Waals surface area contributed by atoms with Gasteiger partial charge in [-0.1, -0.05) is 12.7 Å². The first-order chi connectivity index (χ1) is 21.0. The van der Waals surface area contributed by atoms with Gasteiger partial charge in [-0.05, 0) is 110 Å². The van der Waals surface area contributed by atoms with Gasteiger partial charge in [-0.2, -0.15) is 0 Å². The number of hydrogen-bond acceptors (Lipinski definition) is 5. The van der Waals surface area contributed by atoms with Crippen LogP contribution in [0.4, 0.5) is 0 Å². The second kappa shape index (κ2) is 12.5. The lowest BCUT2D eigenvalue weighted by Crippen LogP contribution is -1.97. The van der Waals surface area contributed by atoms with E-state index in [2.05, 4.69) is 36.5 Å². The number of aryl methyl sites for hydroxylation is 2. The van der Waals surface area contributed by atoms with Gasteiger partial charge in [0.25, 0.3) is 0 Å². The fourth-order valence-electron chi connectivity index (χ4n) is 6.06. The summed E-state index contributed by atoms with van der Waals surface area (Å²) < 4.78 is 5.43. The minimum Gasteiger partial charge on any atom is -0.481 e. The molecule has 0 amide bonds. The molecule has 5 heterocycles. The highest BCUT2D eigenvalue weighted by atomic mass is 16.5. The zero-order valence-electron chi connectivity index (χ0n) is 25.9. The topological polar surface area (TPSA) is 141 Å². The molecule has 0 saturated carbocycles. The van der Waals surface area contributed by atoms with Crippen molar-refractivity contribution in [3.8, 4) is 0 Å². The molecular weight excluding hydrogens is 556 g/mol. The summed E-state index contributed by atoms with van der Waals surface area (Å²) in [5.41, 5.74) is 14.1. The lowest BCUT2D eigenvalue weighted by molar-refractivity contribution is -0.137. The zero-order valence-corrected chi connectivity index (χ0v) is 25.9. The van der Waals surface area contributed by atoms with Crippen LogP contribution in [0.5, 0.6) is 0 Å². The van der Waals surface area contributed by atoms with Crippen LogP contribution in [0.15, 0.2) is 30.8 Å². The monoisotopic (exact) mass is 594 g/mol. The number of rotatable bonds is 10. The maximum Gasteiger partial charge on any atom is 0.303 e. The second-order valence-electron chi connectivity index (χ2n) is 11.3. The van der Waals surface area contributed by atoms with Gasteiger partial charge in [0.15, 0.2) is 0 Å². The van der Waals surface area contributed by atoms with E-state index in [-0.39, 0.29) is 12.8 Å². The Morgan fingerprint density at radius 2 is 1.27 bits per heavy atom. The van der Waals surface area contributed by atoms with Crippen molar-refractivity contribution in [3.63, 3.8) is 0 Å². The van der Waals surface area contributed by atoms with Gasteiger partial charge in [0, 0.05) is 47.6 Å². The summed E-state index contributed by atoms with van der Waals surface area (Å²) in [7, 11) is 1.69. The van der Waals surface area contributed by atoms with Crippen molar-refractivity contribution in [2.75, 3.05) is 13.7 Å². The molecule has 0 aliphatic carbocycles. The van der Waals surface area contributed by atoms with Gasteiger partial charge in [-0.15, -0.1) is 0 Å². The molecule has 0 radical (unpaired) electrons. The molecule has 3 aromatic rings. The molecule has 3 aromatic heterocycles. The van der Waals surface area contributed by atoms with Crippen LogP contribution in [0.1, 0.15) is 84.6 Å². The Balaban J connectivity index is 1.91. The molecule has 0 fully saturated rings. The molecule has 0 spiro atoms. The van der Waals surface area contributed by atoms with Crippen LogP contribution in [0.2, 0.25) is 0 Å². The molecular formula is C35H38N4O5. The van der Waals surface area contributed by atoms with E-state index >= 15 is 0 Å². The van der Waals surface area contributed by atoms with Gasteiger partial charge < -0.3 is 24.9 Å². The highest BCUT2D eigenvalue weighted by molar-refractivity contribution is 5.96. The number of aromatic nitrogens is 4. The van der Waals surface area contributed by atoms with Crippen LogP contribution in [-0.2, 0) is 20.7 Å². The molecule has 4 N–H and O–H groups in total. The predicted molar refractivity (Wildman–Crippen MR) is 175 cm³/mol. The van der Waals surface area contributed by atoms with Crippen LogP contribution in [0.3, 0.4) is 0 Å². The quantitative estimate of drug-likeness (QED) is 0.192. The molecule has 5 rings (SSSR count). The highest BCUT2D eigenvalue weighted by Gasteiger charge is 2.22. The normalized spacial score (nSPS) is 13.1. The number of H-pyrrole nitrogens is 2. The number of carboxylic acids is 2. The van der Waals surface area contributed by atoms with Crippen molar-refractivity contribution in [2.24, 2.45) is 0 Å². The van der Waals surface area contributed by atoms with Crippen LogP contribution >= 0.6 is 0 Å². The minimum atomic E-state index is -0.888. The summed E-state index contributed by atoms with van der Waals surface area (Å²) in [6, 6.07) is 7.98. The Kier molecular flexibility index (Phi) is 8.69. The summed E-state index contributed by atoms with van der Waals surface area (Å²) in [4.78, 5) is 40.3. The number of methoxy groups -OCH3 is 1. The summed E-state index contributed by atoms with van der Waals surface area (Å²) in [6.45, 7) is 12.7. The van der Waals surface area contributed by atoms with E-state index in [1.807, 2.05) is 38.1 Å². The molecule has 0 saturated heterocycles. The number of hydrogen-bond donors (Lipinski definition) is 4. The van der Waals surface area contributed by atoms with Crippen molar-refractivity contribution in [1.29, 1.82) is 0 Å². The Labute approximate surface area is 256 Å². The van der Waals surface area contributed by atoms with Crippen LogP contribution in [0, 0.1) is 13.8 Å². The largest absolute Gasteiger partial charge is 0.481 e. The van der Waals surface area contributed by atoms with Crippen molar-refractivity contribution in [2.45, 2.75) is 59.8 Å². The molecule has 0 atom stereocenters. The molecule has 44 heavy (non-hydrogen) atoms. The van der Waals surface area contributed by atoms with Gasteiger partial charge in [-0.3, -0.25) is 9.59 Å². The Morgan fingerprint density at radius 3 is 1.80 bits per heavy atom. The van der Waals surface area contributed by atoms with Crippen LogP contribution < -0.4 is 0 Å². The summed E-state index contributed by atoms with van der Waals surface area (Å²) in [5.74, 6) is -1.77. The Morgan fingerprint density at radius 1 is 0.750 bits per heavy atom. The standard InChI is InChI=1S/C35H38N4O5/c1-7-22-18(2)28-16-31-25(12-13-44-6)21(5)27(37-31)14-26-19(3)23(8-10-34(40)41)32(38-26)17-33-24(9-11-35(42)43)20(4)29(39-33)15-30(22)36-28/h7,14-17,36-37H,1,8-13H2,2-6H3,(H,40,41)(H,42,43). The van der Waals surface area contributed by atoms with E-state index in [0.717, 1.165) is 84.4 Å². The minimum absolute atomic E-state index is 0.0361. The highest BCUT2D eigenvalue weighted by Crippen LogP contribution is 2.38. The Bertz CT molecular complexity index is 1920. The maximum atomic E-state index is 11.6. The van der Waals surface area contributed by atoms with Crippen molar-refractivity contribution in [3.05, 3.63) is 75.9 Å². The number of carbonyl (C=O) groups is 2. The number of nitrogens with zero attached hydrogens (tertiary/aromatic N) is 2. The van der Waals surface area contributed by atoms with E-state index in [1.54, 1.807) is 7.11 Å². The number of fused-ring (bicyclic) bond motifs is 8. The zero-order chi connectivity index (χ0) is 31.7. The number of nitrogens with one attached hydrogen (secondary N) is 2. The fourth-order valence-corrected chi connectivity index (χ4v) is 6.06. The van der Waals surface area contributed by atoms with Gasteiger partial charge in [0.1, 0.15) is 0 Å². The van der Waals surface area contributed by atoms with Crippen molar-refractivity contribution in [1.82, 2.24) is 19.9 Å². The van der Waals surface area contributed by atoms with Crippen molar-refractivity contribution >= 4 is 62.4 Å². The van der Waals surface area contributed by atoms with Gasteiger partial charge >= 0.3 is 11.9 Å². The molecule has 0 unspecified atom stereocenters. The van der Waals surface area contributed by atoms with Gasteiger partial charge in [-0.25, -0.2) is 9.97 Å². The lowest BCUT2D eigenvalue weighted by atomic mass is 9.98. The molecule has 9 heteroatoms. The number of carboxylic acid groups (broad SMARTS) is 2. The summed E-state index contributed by atoms with van der Waals surface area (Å²) >= 11 is 0. The van der Waals surface area contributed by atoms with Crippen molar-refractivity contribution < 1.29 is 24.5 Å². The van der Waals surface area contributed by atoms with E-state index in [9.17, 15) is 19.8 Å². The first kappa shape index (κ1) is 30.7. The van der Waals surface area contributed by atoms with E-state index < -0.39 is 11.9 Å². The molecule has 2 aliphatic heterocycles. The predicted octanol–water partition coefficient (Wildman–Crippen LogP) is 7.35. The maximum absolute atomic E-state index is 11.6. The SMILES string of the molecule is C=Cc1c(C)c2cc3[nH]c(cc4nc(cc5nc(cc1[nH]2)C(C)=C5CCC(=O)O)C(CCC(=O)O)=C4C)c(C)c3CCOC. The number of allylic oxidation sites excluding steroid dienone is 4. The van der Waals surface area contributed by atoms with Gasteiger partial charge in [0.2, 0.25) is 0 Å². The molecule has 2 aliphatic rings. The first-order valence-electron chi connectivity index (χ1n) is 14.7. The van der Waals surface area contributed by atoms with E-state index in [1.165, 1.54) is 0 Å². The Hall–Kier alpha value is -4.76. The summed E-state index contributed by atoms with van der Waals surface area (Å²) in [6.07, 6.45) is 3.10. The smallest absolute Gasteiger partial charge is 0.303 e. The van der Waals surface area contributed by atoms with Gasteiger partial charge in [0.05, 0.1) is 29.4 Å². The first-order valence-corrected chi connectivity index (χ1v) is 14.7. The molecule has 8 bridgehead atoms. The van der Waals surface area contributed by atoms with E-state index in [4.69, 9.17) is 14.7 Å². The average Bonchev–Trinajstić information content (AvgIpc) is 3.63. The number of ether oxygens (including phenoxy) is 1. The van der Waals surface area contributed by atoms with E-state index in [0.29, 0.717) is 30.8 Å². The number of aliphatic carboxylic acids is 2. The van der Waals surface area contributed by atoms with Crippen LogP contribution in [0.25, 0.3) is 50.4 Å². The van der Waals surface area contributed by atoms with Crippen LogP contribution in [-0.4, -0.2) is 55.8 Å². The number of aromatic amines is 2. The molecule has 0 aromatic carbocycles. The molecule has 9 nitrogen and oxygen atoms in total. The third-order valence-corrected chi connectivity index (χ3v) is 8.65. The molecule has 228 valence electrons. The third-order valence-electron chi connectivity index (χ3n) is 8.65. The second-order valence-corrected chi connectivity index (χ2v) is 11.3. The average molecular weight is 595 g/mol. The summed E-state index contributed by atoms with van der Waals surface area (Å²) in [5, 5.41) is 19.0. The third kappa shape index (κ3) is 5.88. The lowest BCUT2D eigenvalue weighted by Gasteiger charge is -2.05.